The third-order valence-electron chi connectivity index (χ3n) is 6.63. The molecule has 112 valence electrons. The first-order chi connectivity index (χ1) is 9.68. The number of carbonyl (C=O) groups is 1. The molecule has 4 bridgehead atoms. The second kappa shape index (κ2) is 4.72. The van der Waals surface area contributed by atoms with E-state index in [1.165, 1.54) is 44.9 Å². The van der Waals surface area contributed by atoms with E-state index in [2.05, 4.69) is 4.90 Å². The second-order valence-corrected chi connectivity index (χ2v) is 8.19. The Labute approximate surface area is 122 Å². The van der Waals surface area contributed by atoms with Gasteiger partial charge in [0.25, 0.3) is 0 Å². The predicted molar refractivity (Wildman–Crippen MR) is 79.0 cm³/mol. The van der Waals surface area contributed by atoms with Crippen molar-refractivity contribution >= 4 is 5.91 Å². The van der Waals surface area contributed by atoms with Gasteiger partial charge in [0.05, 0.1) is 5.41 Å². The molecular weight excluding hydrogens is 248 g/mol. The van der Waals surface area contributed by atoms with E-state index < -0.39 is 0 Å². The van der Waals surface area contributed by atoms with Gasteiger partial charge in [0, 0.05) is 13.1 Å². The van der Waals surface area contributed by atoms with E-state index in [4.69, 9.17) is 5.73 Å². The lowest BCUT2D eigenvalue weighted by Crippen LogP contribution is -2.56. The largest absolute Gasteiger partial charge is 0.342 e. The first-order valence-electron chi connectivity index (χ1n) is 8.68. The van der Waals surface area contributed by atoms with Gasteiger partial charge in [0.1, 0.15) is 0 Å². The third-order valence-corrected chi connectivity index (χ3v) is 6.63. The summed E-state index contributed by atoms with van der Waals surface area (Å²) in [6.45, 7) is 2.65. The molecule has 3 nitrogen and oxygen atoms in total. The number of hydrogen-bond donors (Lipinski definition) is 1. The maximum atomic E-state index is 13.2. The topological polar surface area (TPSA) is 46.3 Å². The second-order valence-electron chi connectivity index (χ2n) is 8.19. The number of likely N-dealkylation sites (tertiary alicyclic amines) is 1. The molecule has 0 spiro atoms. The van der Waals surface area contributed by atoms with Gasteiger partial charge >= 0.3 is 0 Å². The zero-order valence-electron chi connectivity index (χ0n) is 12.5. The molecule has 0 radical (unpaired) electrons. The van der Waals surface area contributed by atoms with Crippen LogP contribution in [0.5, 0.6) is 0 Å². The van der Waals surface area contributed by atoms with E-state index in [-0.39, 0.29) is 5.41 Å². The van der Waals surface area contributed by atoms with Gasteiger partial charge in [0.2, 0.25) is 5.91 Å². The molecule has 4 saturated carbocycles. The fourth-order valence-corrected chi connectivity index (χ4v) is 6.15. The Kier molecular flexibility index (Phi) is 3.10. The zero-order chi connectivity index (χ0) is 13.7. The predicted octanol–water partition coefficient (Wildman–Crippen LogP) is 2.40. The monoisotopic (exact) mass is 276 g/mol. The Morgan fingerprint density at radius 2 is 1.70 bits per heavy atom. The van der Waals surface area contributed by atoms with Crippen molar-refractivity contribution in [3.63, 3.8) is 0 Å². The van der Waals surface area contributed by atoms with Crippen molar-refractivity contribution in [1.29, 1.82) is 0 Å². The highest BCUT2D eigenvalue weighted by atomic mass is 16.2. The number of piperidine rings is 1. The average Bonchev–Trinajstić information content (AvgIpc) is 2.45. The molecule has 1 heterocycles. The summed E-state index contributed by atoms with van der Waals surface area (Å²) >= 11 is 0. The van der Waals surface area contributed by atoms with Gasteiger partial charge in [-0.2, -0.15) is 0 Å². The van der Waals surface area contributed by atoms with Gasteiger partial charge in [-0.1, -0.05) is 0 Å². The normalized spacial score (nSPS) is 46.8. The summed E-state index contributed by atoms with van der Waals surface area (Å²) in [5.74, 6) is 3.64. The summed E-state index contributed by atoms with van der Waals surface area (Å²) in [6.07, 6.45) is 10.2. The van der Waals surface area contributed by atoms with Crippen molar-refractivity contribution in [2.75, 3.05) is 19.6 Å². The molecule has 1 amide bonds. The fourth-order valence-electron chi connectivity index (χ4n) is 6.15. The minimum Gasteiger partial charge on any atom is -0.342 e. The fraction of sp³-hybridized carbons (Fsp3) is 0.941. The maximum absolute atomic E-state index is 13.2. The van der Waals surface area contributed by atoms with E-state index >= 15 is 0 Å². The van der Waals surface area contributed by atoms with Crippen molar-refractivity contribution in [3.8, 4) is 0 Å². The van der Waals surface area contributed by atoms with E-state index in [0.29, 0.717) is 11.8 Å². The van der Waals surface area contributed by atoms with Crippen LogP contribution in [0, 0.1) is 29.1 Å². The van der Waals surface area contributed by atoms with Crippen LogP contribution >= 0.6 is 0 Å². The van der Waals surface area contributed by atoms with Crippen LogP contribution < -0.4 is 5.73 Å². The van der Waals surface area contributed by atoms with Crippen molar-refractivity contribution < 1.29 is 4.79 Å². The van der Waals surface area contributed by atoms with Crippen molar-refractivity contribution in [1.82, 2.24) is 4.90 Å². The minimum atomic E-state index is 0.0469. The van der Waals surface area contributed by atoms with Gasteiger partial charge in [-0.25, -0.2) is 0 Å². The van der Waals surface area contributed by atoms with E-state index in [1.54, 1.807) is 0 Å². The molecule has 0 aromatic heterocycles. The number of rotatable bonds is 2. The molecule has 1 atom stereocenters. The highest BCUT2D eigenvalue weighted by Gasteiger charge is 2.55. The highest BCUT2D eigenvalue weighted by molar-refractivity contribution is 5.83. The number of nitrogens with two attached hydrogens (primary N) is 1. The van der Waals surface area contributed by atoms with Crippen LogP contribution in [-0.4, -0.2) is 30.4 Å². The molecule has 3 heteroatoms. The van der Waals surface area contributed by atoms with Crippen molar-refractivity contribution in [3.05, 3.63) is 0 Å². The van der Waals surface area contributed by atoms with Crippen LogP contribution in [0.1, 0.15) is 51.4 Å². The Morgan fingerprint density at radius 1 is 1.10 bits per heavy atom. The van der Waals surface area contributed by atoms with Crippen LogP contribution in [0.15, 0.2) is 0 Å². The lowest BCUT2D eigenvalue weighted by molar-refractivity contribution is -0.159. The Morgan fingerprint density at radius 3 is 2.25 bits per heavy atom. The van der Waals surface area contributed by atoms with E-state index in [0.717, 1.165) is 43.8 Å². The van der Waals surface area contributed by atoms with Gasteiger partial charge in [-0.15, -0.1) is 0 Å². The Hall–Kier alpha value is -0.570. The molecule has 5 rings (SSSR count). The molecule has 5 fully saturated rings. The molecule has 0 aromatic carbocycles. The van der Waals surface area contributed by atoms with Crippen LogP contribution in [0.25, 0.3) is 0 Å². The summed E-state index contributed by atoms with van der Waals surface area (Å²) in [5.41, 5.74) is 5.88. The first-order valence-corrected chi connectivity index (χ1v) is 8.68. The third kappa shape index (κ3) is 2.01. The van der Waals surface area contributed by atoms with Crippen LogP contribution in [0.3, 0.4) is 0 Å². The number of hydrogen-bond acceptors (Lipinski definition) is 2. The van der Waals surface area contributed by atoms with Crippen molar-refractivity contribution in [2.24, 2.45) is 34.8 Å². The number of nitrogens with zero attached hydrogens (tertiary/aromatic N) is 1. The maximum Gasteiger partial charge on any atom is 0.228 e. The molecule has 0 aromatic rings. The smallest absolute Gasteiger partial charge is 0.228 e. The van der Waals surface area contributed by atoms with E-state index in [9.17, 15) is 4.79 Å². The van der Waals surface area contributed by atoms with Crippen LogP contribution in [0.4, 0.5) is 0 Å². The van der Waals surface area contributed by atoms with Gasteiger partial charge < -0.3 is 10.6 Å². The lowest BCUT2D eigenvalue weighted by atomic mass is 9.49. The molecule has 1 aliphatic heterocycles. The summed E-state index contributed by atoms with van der Waals surface area (Å²) in [7, 11) is 0. The van der Waals surface area contributed by atoms with Crippen molar-refractivity contribution in [2.45, 2.75) is 51.4 Å². The minimum absolute atomic E-state index is 0.0469. The SMILES string of the molecule is NCC1CCCN(C(=O)C23CC4CC(CC(C4)C2)C3)C1. The summed E-state index contributed by atoms with van der Waals surface area (Å²) in [5, 5.41) is 0. The van der Waals surface area contributed by atoms with Crippen LogP contribution in [-0.2, 0) is 4.79 Å². The summed E-state index contributed by atoms with van der Waals surface area (Å²) in [6, 6.07) is 0. The molecule has 5 aliphatic rings. The molecule has 1 unspecified atom stereocenters. The zero-order valence-corrected chi connectivity index (χ0v) is 12.5. The molecule has 1 saturated heterocycles. The van der Waals surface area contributed by atoms with Gasteiger partial charge in [0.15, 0.2) is 0 Å². The van der Waals surface area contributed by atoms with Crippen LogP contribution in [0.2, 0.25) is 0 Å². The molecule has 4 aliphatic carbocycles. The molecule has 20 heavy (non-hydrogen) atoms. The molecule has 2 N–H and O–H groups in total. The first kappa shape index (κ1) is 13.1. The Balaban J connectivity index is 1.53. The average molecular weight is 276 g/mol. The Bertz CT molecular complexity index is 371. The van der Waals surface area contributed by atoms with Gasteiger partial charge in [-0.05, 0) is 81.6 Å². The van der Waals surface area contributed by atoms with Gasteiger partial charge in [-0.3, -0.25) is 4.79 Å². The van der Waals surface area contributed by atoms with E-state index in [1.807, 2.05) is 0 Å². The summed E-state index contributed by atoms with van der Waals surface area (Å²) in [4.78, 5) is 15.4. The highest BCUT2D eigenvalue weighted by Crippen LogP contribution is 2.60. The number of amides is 1. The standard InChI is InChI=1S/C17H28N2O/c18-10-12-2-1-3-19(11-12)16(20)17-7-13-4-14(8-17)6-15(5-13)9-17/h12-15H,1-11,18H2. The summed E-state index contributed by atoms with van der Waals surface area (Å²) < 4.78 is 0. The lowest BCUT2D eigenvalue weighted by Gasteiger charge is -2.57. The molecular formula is C17H28N2O. The quantitative estimate of drug-likeness (QED) is 0.842. The number of carbonyl (C=O) groups excluding carboxylic acids is 1.